The molecule has 8 heteroatoms. The van der Waals surface area contributed by atoms with Gasteiger partial charge < -0.3 is 25.0 Å². The lowest BCUT2D eigenvalue weighted by Crippen LogP contribution is -2.62. The number of ether oxygens (including phenoxy) is 2. The molecule has 182 valence electrons. The highest BCUT2D eigenvalue weighted by Crippen LogP contribution is 2.31. The zero-order valence-electron chi connectivity index (χ0n) is 20.3. The number of methoxy groups -OCH3 is 2. The fourth-order valence-corrected chi connectivity index (χ4v) is 4.84. The molecule has 0 aromatic heterocycles. The highest BCUT2D eigenvalue weighted by Gasteiger charge is 2.39. The first kappa shape index (κ1) is 27.0. The molecule has 0 unspecified atom stereocenters. The van der Waals surface area contributed by atoms with Gasteiger partial charge in [-0.2, -0.15) is 0 Å². The molecule has 0 amide bonds. The number of nitrogens with one attached hydrogen (secondary N) is 2. The molecule has 2 aliphatic heterocycles. The summed E-state index contributed by atoms with van der Waals surface area (Å²) in [5.74, 6) is 2.42. The van der Waals surface area contributed by atoms with Crippen molar-refractivity contribution >= 4 is 29.9 Å². The van der Waals surface area contributed by atoms with Crippen LogP contribution < -0.4 is 20.1 Å². The van der Waals surface area contributed by atoms with E-state index in [2.05, 4.69) is 38.5 Å². The molecule has 0 spiro atoms. The van der Waals surface area contributed by atoms with Gasteiger partial charge in [0.05, 0.1) is 14.2 Å². The number of piperidine rings is 2. The maximum atomic E-state index is 5.42. The van der Waals surface area contributed by atoms with Crippen molar-refractivity contribution in [3.63, 3.8) is 0 Å². The Morgan fingerprint density at radius 3 is 2.31 bits per heavy atom. The van der Waals surface area contributed by atoms with Gasteiger partial charge in [-0.05, 0) is 83.0 Å². The van der Waals surface area contributed by atoms with Crippen molar-refractivity contribution in [2.75, 3.05) is 67.6 Å². The van der Waals surface area contributed by atoms with Gasteiger partial charge in [0.2, 0.25) is 0 Å². The third kappa shape index (κ3) is 7.12. The second-order valence-corrected chi connectivity index (χ2v) is 8.87. The third-order valence-corrected chi connectivity index (χ3v) is 6.91. The van der Waals surface area contributed by atoms with E-state index in [4.69, 9.17) is 9.47 Å². The summed E-state index contributed by atoms with van der Waals surface area (Å²) in [6.45, 7) is 6.58. The number of benzene rings is 1. The predicted molar refractivity (Wildman–Crippen MR) is 143 cm³/mol. The fourth-order valence-electron chi connectivity index (χ4n) is 4.84. The van der Waals surface area contributed by atoms with Crippen molar-refractivity contribution in [3.8, 4) is 11.5 Å². The molecule has 32 heavy (non-hydrogen) atoms. The minimum absolute atomic E-state index is 0. The van der Waals surface area contributed by atoms with Crippen LogP contribution in [0.5, 0.6) is 11.5 Å². The average molecular weight is 560 g/mol. The summed E-state index contributed by atoms with van der Waals surface area (Å²) < 4.78 is 10.7. The molecular formula is C24H42IN5O2. The van der Waals surface area contributed by atoms with Crippen LogP contribution >= 0.6 is 24.0 Å². The molecule has 0 atom stereocenters. The highest BCUT2D eigenvalue weighted by atomic mass is 127. The number of halogens is 1. The first-order valence-corrected chi connectivity index (χ1v) is 11.7. The van der Waals surface area contributed by atoms with Gasteiger partial charge in [0.15, 0.2) is 17.5 Å². The molecule has 0 aliphatic carbocycles. The zero-order valence-corrected chi connectivity index (χ0v) is 22.6. The standard InChI is InChI=1S/C24H41N5O2.HI/c1-25-23(26-13-10-20-8-9-21(30-3)22(18-20)31-4)27-19-24(11-16-28(2)17-12-24)29-14-6-5-7-15-29;/h8-9,18H,5-7,10-17,19H2,1-4H3,(H2,25,26,27);1H. The van der Waals surface area contributed by atoms with Crippen LogP contribution in [0.4, 0.5) is 0 Å². The Kier molecular flexibility index (Phi) is 11.3. The van der Waals surface area contributed by atoms with Gasteiger partial charge in [-0.25, -0.2) is 0 Å². The second-order valence-electron chi connectivity index (χ2n) is 8.87. The first-order chi connectivity index (χ1) is 15.1. The Labute approximate surface area is 211 Å². The summed E-state index contributed by atoms with van der Waals surface area (Å²) in [5.41, 5.74) is 1.45. The Morgan fingerprint density at radius 1 is 1.00 bits per heavy atom. The van der Waals surface area contributed by atoms with Gasteiger partial charge in [0, 0.05) is 25.7 Å². The highest BCUT2D eigenvalue weighted by molar-refractivity contribution is 14.0. The van der Waals surface area contributed by atoms with Gasteiger partial charge in [-0.1, -0.05) is 12.5 Å². The maximum Gasteiger partial charge on any atom is 0.191 e. The molecule has 2 aliphatic rings. The molecule has 0 bridgehead atoms. The van der Waals surface area contributed by atoms with Crippen LogP contribution in [-0.4, -0.2) is 88.9 Å². The van der Waals surface area contributed by atoms with Crippen LogP contribution in [-0.2, 0) is 6.42 Å². The lowest BCUT2D eigenvalue weighted by molar-refractivity contribution is 0.0173. The summed E-state index contributed by atoms with van der Waals surface area (Å²) in [6.07, 6.45) is 7.37. The van der Waals surface area contributed by atoms with E-state index in [1.165, 1.54) is 63.8 Å². The largest absolute Gasteiger partial charge is 0.493 e. The summed E-state index contributed by atoms with van der Waals surface area (Å²) in [6, 6.07) is 6.09. The van der Waals surface area contributed by atoms with Crippen LogP contribution in [0.2, 0.25) is 0 Å². The van der Waals surface area contributed by atoms with E-state index >= 15 is 0 Å². The van der Waals surface area contributed by atoms with E-state index in [0.29, 0.717) is 0 Å². The van der Waals surface area contributed by atoms with E-state index in [-0.39, 0.29) is 29.5 Å². The van der Waals surface area contributed by atoms with Gasteiger partial charge in [-0.3, -0.25) is 9.89 Å². The van der Waals surface area contributed by atoms with Crippen LogP contribution in [0, 0.1) is 0 Å². The van der Waals surface area contributed by atoms with Crippen molar-refractivity contribution in [3.05, 3.63) is 23.8 Å². The van der Waals surface area contributed by atoms with Gasteiger partial charge in [-0.15, -0.1) is 24.0 Å². The zero-order chi connectivity index (χ0) is 22.1. The minimum atomic E-state index is 0. The van der Waals surface area contributed by atoms with Crippen LogP contribution in [0.1, 0.15) is 37.7 Å². The third-order valence-electron chi connectivity index (χ3n) is 6.91. The predicted octanol–water partition coefficient (Wildman–Crippen LogP) is 2.98. The van der Waals surface area contributed by atoms with Crippen molar-refractivity contribution < 1.29 is 9.47 Å². The summed E-state index contributed by atoms with van der Waals surface area (Å²) in [7, 11) is 7.43. The van der Waals surface area contributed by atoms with E-state index in [1.807, 2.05) is 19.2 Å². The van der Waals surface area contributed by atoms with Gasteiger partial charge in [0.25, 0.3) is 0 Å². The minimum Gasteiger partial charge on any atom is -0.493 e. The number of aliphatic imine (C=N–C) groups is 1. The number of rotatable bonds is 8. The molecule has 2 N–H and O–H groups in total. The molecule has 3 rings (SSSR count). The summed E-state index contributed by atoms with van der Waals surface area (Å²) in [5, 5.41) is 7.14. The number of hydrogen-bond donors (Lipinski definition) is 2. The molecule has 1 aromatic rings. The number of nitrogens with zero attached hydrogens (tertiary/aromatic N) is 3. The van der Waals surface area contributed by atoms with Crippen molar-refractivity contribution in [1.29, 1.82) is 0 Å². The lowest BCUT2D eigenvalue weighted by atomic mass is 9.84. The SMILES string of the molecule is CN=C(NCCc1ccc(OC)c(OC)c1)NCC1(N2CCCCC2)CCN(C)CC1.I. The maximum absolute atomic E-state index is 5.42. The summed E-state index contributed by atoms with van der Waals surface area (Å²) in [4.78, 5) is 9.69. The Balaban J connectivity index is 0.00000363. The first-order valence-electron chi connectivity index (χ1n) is 11.7. The van der Waals surface area contributed by atoms with E-state index in [0.717, 1.165) is 37.0 Å². The molecule has 7 nitrogen and oxygen atoms in total. The Bertz CT molecular complexity index is 716. The average Bonchev–Trinajstić information content (AvgIpc) is 2.83. The van der Waals surface area contributed by atoms with Crippen LogP contribution in [0.3, 0.4) is 0 Å². The van der Waals surface area contributed by atoms with E-state index < -0.39 is 0 Å². The second kappa shape index (κ2) is 13.4. The lowest BCUT2D eigenvalue weighted by Gasteiger charge is -2.50. The Morgan fingerprint density at radius 2 is 1.69 bits per heavy atom. The number of hydrogen-bond acceptors (Lipinski definition) is 5. The van der Waals surface area contributed by atoms with Crippen molar-refractivity contribution in [2.24, 2.45) is 4.99 Å². The van der Waals surface area contributed by atoms with Crippen molar-refractivity contribution in [1.82, 2.24) is 20.4 Å². The van der Waals surface area contributed by atoms with E-state index in [9.17, 15) is 0 Å². The monoisotopic (exact) mass is 559 g/mol. The Hall–Kier alpha value is -1.26. The topological polar surface area (TPSA) is 61.4 Å². The molecule has 0 saturated carbocycles. The molecule has 2 saturated heterocycles. The number of likely N-dealkylation sites (tertiary alicyclic amines) is 2. The van der Waals surface area contributed by atoms with Gasteiger partial charge in [0.1, 0.15) is 0 Å². The normalized spacial score (nSPS) is 19.7. The number of guanidine groups is 1. The molecule has 0 radical (unpaired) electrons. The van der Waals surface area contributed by atoms with Crippen LogP contribution in [0.15, 0.2) is 23.2 Å². The van der Waals surface area contributed by atoms with Gasteiger partial charge >= 0.3 is 0 Å². The molecule has 2 fully saturated rings. The van der Waals surface area contributed by atoms with Crippen LogP contribution in [0.25, 0.3) is 0 Å². The smallest absolute Gasteiger partial charge is 0.191 e. The molecular weight excluding hydrogens is 517 g/mol. The fraction of sp³-hybridized carbons (Fsp3) is 0.708. The quantitative estimate of drug-likeness (QED) is 0.290. The molecule has 1 aromatic carbocycles. The summed E-state index contributed by atoms with van der Waals surface area (Å²) >= 11 is 0. The van der Waals surface area contributed by atoms with Crippen molar-refractivity contribution in [2.45, 2.75) is 44.1 Å². The van der Waals surface area contributed by atoms with E-state index in [1.54, 1.807) is 14.2 Å². The molecule has 2 heterocycles.